The molecule has 0 radical (unpaired) electrons. The molecule has 0 saturated carbocycles. The van der Waals surface area contributed by atoms with Crippen molar-refractivity contribution in [2.75, 3.05) is 5.32 Å². The molecule has 0 aliphatic carbocycles. The van der Waals surface area contributed by atoms with Gasteiger partial charge in [-0.3, -0.25) is 4.79 Å². The maximum Gasteiger partial charge on any atom is 0.237 e. The summed E-state index contributed by atoms with van der Waals surface area (Å²) in [6, 6.07) is 15.0. The number of benzene rings is 2. The minimum absolute atomic E-state index is 0.184. The van der Waals surface area contributed by atoms with E-state index in [0.29, 0.717) is 27.4 Å². The second-order valence-electron chi connectivity index (χ2n) is 5.77. The first kappa shape index (κ1) is 19.7. The predicted octanol–water partition coefficient (Wildman–Crippen LogP) is 5.39. The largest absolute Gasteiger partial charge is 0.324 e. The molecule has 2 aromatic carbocycles. The molecule has 0 bridgehead atoms. The van der Waals surface area contributed by atoms with Crippen LogP contribution < -0.4 is 5.32 Å². The Morgan fingerprint density at radius 3 is 2.59 bits per heavy atom. The van der Waals surface area contributed by atoms with E-state index in [1.54, 1.807) is 18.2 Å². The second kappa shape index (κ2) is 8.78. The molecule has 1 amide bonds. The van der Waals surface area contributed by atoms with E-state index in [0.717, 1.165) is 11.4 Å². The monoisotopic (exact) mass is 420 g/mol. The molecular weight excluding hydrogens is 403 g/mol. The van der Waals surface area contributed by atoms with Crippen molar-refractivity contribution in [1.82, 2.24) is 14.8 Å². The zero-order valence-corrected chi connectivity index (χ0v) is 17.1. The molecule has 27 heavy (non-hydrogen) atoms. The van der Waals surface area contributed by atoms with Crippen molar-refractivity contribution in [3.05, 3.63) is 58.6 Å². The molecule has 1 N–H and O–H groups in total. The Balaban J connectivity index is 1.76. The van der Waals surface area contributed by atoms with Gasteiger partial charge in [-0.15, -0.1) is 10.2 Å². The molecule has 0 saturated heterocycles. The van der Waals surface area contributed by atoms with Gasteiger partial charge in [0.2, 0.25) is 5.91 Å². The number of thioether (sulfide) groups is 1. The Kier molecular flexibility index (Phi) is 6.42. The maximum absolute atomic E-state index is 12.6. The molecule has 8 heteroatoms. The highest BCUT2D eigenvalue weighted by atomic mass is 35.5. The number of halogens is 2. The zero-order valence-electron chi connectivity index (χ0n) is 14.8. The van der Waals surface area contributed by atoms with Gasteiger partial charge in [0.1, 0.15) is 0 Å². The fourth-order valence-electron chi connectivity index (χ4n) is 2.51. The molecule has 1 heterocycles. The summed E-state index contributed by atoms with van der Waals surface area (Å²) in [5.41, 5.74) is 1.48. The van der Waals surface area contributed by atoms with Crippen molar-refractivity contribution < 1.29 is 4.79 Å². The number of aromatic nitrogens is 3. The normalized spacial score (nSPS) is 12.0. The smallest absolute Gasteiger partial charge is 0.237 e. The molecule has 1 unspecified atom stereocenters. The Bertz CT molecular complexity index is 946. The molecule has 5 nitrogen and oxygen atoms in total. The molecule has 1 aromatic heterocycles. The number of hydrogen-bond acceptors (Lipinski definition) is 4. The summed E-state index contributed by atoms with van der Waals surface area (Å²) in [5, 5.41) is 12.4. The number of carbonyl (C=O) groups excluding carboxylic acids is 1. The topological polar surface area (TPSA) is 59.8 Å². The summed E-state index contributed by atoms with van der Waals surface area (Å²) in [5.74, 6) is 0.599. The van der Waals surface area contributed by atoms with E-state index in [2.05, 4.69) is 15.5 Å². The predicted molar refractivity (Wildman–Crippen MR) is 112 cm³/mol. The molecular formula is C19H18Cl2N4OS. The Hall–Kier alpha value is -2.02. The molecule has 3 aromatic rings. The standard InChI is InChI=1S/C19H18Cl2N4OS/c1-3-25-17(13-8-5-4-6-9-13)23-24-19(25)27-12(2)18(26)22-15-11-7-10-14(20)16(15)21/h4-12H,3H2,1-2H3,(H,22,26). The van der Waals surface area contributed by atoms with Crippen LogP contribution in [-0.4, -0.2) is 25.9 Å². The third kappa shape index (κ3) is 4.46. The van der Waals surface area contributed by atoms with Gasteiger partial charge in [-0.05, 0) is 26.0 Å². The van der Waals surface area contributed by atoms with E-state index in [-0.39, 0.29) is 5.91 Å². The lowest BCUT2D eigenvalue weighted by atomic mass is 10.2. The van der Waals surface area contributed by atoms with E-state index in [1.165, 1.54) is 11.8 Å². The molecule has 0 aliphatic rings. The van der Waals surface area contributed by atoms with Crippen LogP contribution in [0.5, 0.6) is 0 Å². The van der Waals surface area contributed by atoms with Crippen molar-refractivity contribution in [3.8, 4) is 11.4 Å². The van der Waals surface area contributed by atoms with Gasteiger partial charge in [0.25, 0.3) is 0 Å². The van der Waals surface area contributed by atoms with Gasteiger partial charge in [-0.2, -0.15) is 0 Å². The van der Waals surface area contributed by atoms with Crippen LogP contribution in [0.3, 0.4) is 0 Å². The van der Waals surface area contributed by atoms with Crippen LogP contribution in [0.4, 0.5) is 5.69 Å². The van der Waals surface area contributed by atoms with Crippen LogP contribution in [-0.2, 0) is 11.3 Å². The molecule has 3 rings (SSSR count). The minimum Gasteiger partial charge on any atom is -0.324 e. The van der Waals surface area contributed by atoms with Gasteiger partial charge in [0.05, 0.1) is 21.0 Å². The number of rotatable bonds is 6. The van der Waals surface area contributed by atoms with E-state index < -0.39 is 5.25 Å². The lowest BCUT2D eigenvalue weighted by molar-refractivity contribution is -0.115. The second-order valence-corrected chi connectivity index (χ2v) is 7.86. The van der Waals surface area contributed by atoms with Crippen LogP contribution in [0.25, 0.3) is 11.4 Å². The lowest BCUT2D eigenvalue weighted by Crippen LogP contribution is -2.23. The summed E-state index contributed by atoms with van der Waals surface area (Å²) < 4.78 is 2.00. The summed E-state index contributed by atoms with van der Waals surface area (Å²) >= 11 is 13.5. The van der Waals surface area contributed by atoms with Crippen molar-refractivity contribution in [2.45, 2.75) is 30.8 Å². The minimum atomic E-state index is -0.391. The third-order valence-corrected chi connectivity index (χ3v) is 5.83. The van der Waals surface area contributed by atoms with E-state index in [4.69, 9.17) is 23.2 Å². The van der Waals surface area contributed by atoms with E-state index in [9.17, 15) is 4.79 Å². The Labute approximate surface area is 172 Å². The molecule has 1 atom stereocenters. The SMILES string of the molecule is CCn1c(SC(C)C(=O)Nc2cccc(Cl)c2Cl)nnc1-c1ccccc1. The number of carbonyl (C=O) groups is 1. The molecule has 0 spiro atoms. The molecule has 0 fully saturated rings. The molecule has 140 valence electrons. The number of amides is 1. The average Bonchev–Trinajstić information content (AvgIpc) is 3.08. The fraction of sp³-hybridized carbons (Fsp3) is 0.211. The quantitative estimate of drug-likeness (QED) is 0.542. The summed E-state index contributed by atoms with van der Waals surface area (Å²) in [4.78, 5) is 12.6. The van der Waals surface area contributed by atoms with Crippen molar-refractivity contribution >= 4 is 46.6 Å². The first-order valence-electron chi connectivity index (χ1n) is 8.41. The molecule has 0 aliphatic heterocycles. The number of nitrogens with one attached hydrogen (secondary N) is 1. The summed E-state index contributed by atoms with van der Waals surface area (Å²) in [7, 11) is 0. The van der Waals surface area contributed by atoms with Gasteiger partial charge in [0, 0.05) is 12.1 Å². The third-order valence-electron chi connectivity index (χ3n) is 3.93. The van der Waals surface area contributed by atoms with Crippen LogP contribution in [0.2, 0.25) is 10.0 Å². The highest BCUT2D eigenvalue weighted by Gasteiger charge is 2.21. The van der Waals surface area contributed by atoms with E-state index in [1.807, 2.05) is 48.7 Å². The fourth-order valence-corrected chi connectivity index (χ4v) is 3.77. The van der Waals surface area contributed by atoms with Crippen LogP contribution >= 0.6 is 35.0 Å². The van der Waals surface area contributed by atoms with Gasteiger partial charge < -0.3 is 9.88 Å². The van der Waals surface area contributed by atoms with Gasteiger partial charge in [-0.1, -0.05) is 71.4 Å². The van der Waals surface area contributed by atoms with Crippen LogP contribution in [0.15, 0.2) is 53.7 Å². The number of nitrogens with zero attached hydrogens (tertiary/aromatic N) is 3. The van der Waals surface area contributed by atoms with Gasteiger partial charge >= 0.3 is 0 Å². The van der Waals surface area contributed by atoms with Crippen molar-refractivity contribution in [2.24, 2.45) is 0 Å². The van der Waals surface area contributed by atoms with Gasteiger partial charge in [-0.25, -0.2) is 0 Å². The summed E-state index contributed by atoms with van der Waals surface area (Å²) in [6.45, 7) is 4.54. The lowest BCUT2D eigenvalue weighted by Gasteiger charge is -2.14. The highest BCUT2D eigenvalue weighted by Crippen LogP contribution is 2.31. The average molecular weight is 421 g/mol. The first-order chi connectivity index (χ1) is 13.0. The van der Waals surface area contributed by atoms with E-state index >= 15 is 0 Å². The summed E-state index contributed by atoms with van der Waals surface area (Å²) in [6.07, 6.45) is 0. The Morgan fingerprint density at radius 2 is 1.89 bits per heavy atom. The number of anilines is 1. The van der Waals surface area contributed by atoms with Crippen molar-refractivity contribution in [1.29, 1.82) is 0 Å². The highest BCUT2D eigenvalue weighted by molar-refractivity contribution is 8.00. The Morgan fingerprint density at radius 1 is 1.15 bits per heavy atom. The zero-order chi connectivity index (χ0) is 19.4. The van der Waals surface area contributed by atoms with Crippen molar-refractivity contribution in [3.63, 3.8) is 0 Å². The van der Waals surface area contributed by atoms with Gasteiger partial charge in [0.15, 0.2) is 11.0 Å². The number of hydrogen-bond donors (Lipinski definition) is 1. The van der Waals surface area contributed by atoms with Crippen LogP contribution in [0.1, 0.15) is 13.8 Å². The van der Waals surface area contributed by atoms with Crippen LogP contribution in [0, 0.1) is 0 Å². The maximum atomic E-state index is 12.6. The first-order valence-corrected chi connectivity index (χ1v) is 10.0.